The highest BCUT2D eigenvalue weighted by Crippen LogP contribution is 2.18. The van der Waals surface area contributed by atoms with Crippen molar-refractivity contribution in [2.24, 2.45) is 0 Å². The third-order valence-electron chi connectivity index (χ3n) is 2.58. The van der Waals surface area contributed by atoms with Gasteiger partial charge in [-0.05, 0) is 36.9 Å². The van der Waals surface area contributed by atoms with Gasteiger partial charge in [0.2, 0.25) is 0 Å². The molecule has 0 saturated carbocycles. The summed E-state index contributed by atoms with van der Waals surface area (Å²) in [7, 11) is 0. The van der Waals surface area contributed by atoms with Crippen molar-refractivity contribution in [3.8, 4) is 11.8 Å². The number of aryl methyl sites for hydroxylation is 1. The van der Waals surface area contributed by atoms with Gasteiger partial charge in [0.25, 0.3) is 0 Å². The minimum absolute atomic E-state index is 1.10. The van der Waals surface area contributed by atoms with Crippen molar-refractivity contribution >= 4 is 11.8 Å². The van der Waals surface area contributed by atoms with Gasteiger partial charge in [0.05, 0.1) is 0 Å². The number of benzene rings is 2. The molecule has 0 saturated heterocycles. The molecule has 84 valence electrons. The van der Waals surface area contributed by atoms with Gasteiger partial charge in [-0.25, -0.2) is 0 Å². The van der Waals surface area contributed by atoms with E-state index in [0.717, 1.165) is 11.1 Å². The fourth-order valence-corrected chi connectivity index (χ4v) is 2.15. The van der Waals surface area contributed by atoms with E-state index in [9.17, 15) is 0 Å². The number of rotatable bonds is 1. The Morgan fingerprint density at radius 2 is 1.41 bits per heavy atom. The third kappa shape index (κ3) is 2.93. The number of thioether (sulfide) groups is 1. The van der Waals surface area contributed by atoms with Crippen molar-refractivity contribution in [3.63, 3.8) is 0 Å². The van der Waals surface area contributed by atoms with Gasteiger partial charge < -0.3 is 0 Å². The lowest BCUT2D eigenvalue weighted by Gasteiger charge is -1.99. The van der Waals surface area contributed by atoms with Crippen LogP contribution in [0.3, 0.4) is 0 Å². The maximum atomic E-state index is 3.25. The molecule has 0 bridgehead atoms. The summed E-state index contributed by atoms with van der Waals surface area (Å²) in [4.78, 5) is 1.23. The van der Waals surface area contributed by atoms with E-state index in [1.165, 1.54) is 10.5 Å². The molecule has 2 aromatic carbocycles. The molecular weight excluding hydrogens is 224 g/mol. The van der Waals surface area contributed by atoms with E-state index in [4.69, 9.17) is 0 Å². The maximum absolute atomic E-state index is 3.25. The van der Waals surface area contributed by atoms with Gasteiger partial charge >= 0.3 is 0 Å². The topological polar surface area (TPSA) is 0 Å². The molecule has 0 atom stereocenters. The highest BCUT2D eigenvalue weighted by molar-refractivity contribution is 7.98. The van der Waals surface area contributed by atoms with Crippen LogP contribution in [-0.2, 0) is 0 Å². The molecule has 2 rings (SSSR count). The van der Waals surface area contributed by atoms with Crippen LogP contribution < -0.4 is 0 Å². The first-order valence-electron chi connectivity index (χ1n) is 5.52. The van der Waals surface area contributed by atoms with E-state index < -0.39 is 0 Å². The molecule has 0 N–H and O–H groups in total. The van der Waals surface area contributed by atoms with E-state index in [1.54, 1.807) is 11.8 Å². The zero-order chi connectivity index (χ0) is 12.1. The zero-order valence-electron chi connectivity index (χ0n) is 10.0. The summed E-state index contributed by atoms with van der Waals surface area (Å²) < 4.78 is 0. The first kappa shape index (κ1) is 11.8. The van der Waals surface area contributed by atoms with Crippen LogP contribution in [0.4, 0.5) is 0 Å². The summed E-state index contributed by atoms with van der Waals surface area (Å²) in [6.07, 6.45) is 2.08. The van der Waals surface area contributed by atoms with E-state index in [1.807, 2.05) is 24.3 Å². The normalized spacial score (nSPS) is 9.53. The highest BCUT2D eigenvalue weighted by Gasteiger charge is 1.96. The van der Waals surface area contributed by atoms with Crippen LogP contribution in [0.5, 0.6) is 0 Å². The van der Waals surface area contributed by atoms with Crippen LogP contribution in [0, 0.1) is 18.8 Å². The first-order chi connectivity index (χ1) is 8.31. The lowest BCUT2D eigenvalue weighted by molar-refractivity contribution is 1.41. The standard InChI is InChI=1S/C16H14S/c1-13-7-3-4-8-14(13)11-12-15-9-5-6-10-16(15)17-2/h3-10H,1-2H3. The Morgan fingerprint density at radius 3 is 2.12 bits per heavy atom. The Balaban J connectivity index is 2.37. The van der Waals surface area contributed by atoms with E-state index >= 15 is 0 Å². The summed E-state index contributed by atoms with van der Waals surface area (Å²) in [6.45, 7) is 2.09. The molecular formula is C16H14S. The van der Waals surface area contributed by atoms with Crippen molar-refractivity contribution in [3.05, 3.63) is 65.2 Å². The van der Waals surface area contributed by atoms with Crippen LogP contribution in [0.15, 0.2) is 53.4 Å². The Labute approximate surface area is 107 Å². The molecule has 1 heteroatoms. The molecule has 0 unspecified atom stereocenters. The number of hydrogen-bond acceptors (Lipinski definition) is 1. The van der Waals surface area contributed by atoms with Crippen molar-refractivity contribution in [1.82, 2.24) is 0 Å². The minimum Gasteiger partial charge on any atom is -0.128 e. The predicted molar refractivity (Wildman–Crippen MR) is 75.4 cm³/mol. The largest absolute Gasteiger partial charge is 0.128 e. The van der Waals surface area contributed by atoms with Crippen LogP contribution in [0.25, 0.3) is 0 Å². The molecule has 2 aromatic rings. The summed E-state index contributed by atoms with van der Waals surface area (Å²) in [5, 5.41) is 0. The molecule has 0 radical (unpaired) electrons. The average Bonchev–Trinajstić information content (AvgIpc) is 2.38. The molecule has 0 heterocycles. The van der Waals surface area contributed by atoms with E-state index in [0.29, 0.717) is 0 Å². The molecule has 0 fully saturated rings. The summed E-state index contributed by atoms with van der Waals surface area (Å²) in [5.74, 6) is 6.49. The fraction of sp³-hybridized carbons (Fsp3) is 0.125. The van der Waals surface area contributed by atoms with Crippen LogP contribution in [0.2, 0.25) is 0 Å². The van der Waals surface area contributed by atoms with Crippen molar-refractivity contribution < 1.29 is 0 Å². The fourth-order valence-electron chi connectivity index (χ4n) is 1.60. The third-order valence-corrected chi connectivity index (χ3v) is 3.38. The second-order valence-electron chi connectivity index (χ2n) is 3.77. The number of hydrogen-bond donors (Lipinski definition) is 0. The summed E-state index contributed by atoms with van der Waals surface area (Å²) >= 11 is 1.73. The SMILES string of the molecule is CSc1ccccc1C#Cc1ccccc1C. The molecule has 0 aliphatic carbocycles. The molecule has 0 spiro atoms. The van der Waals surface area contributed by atoms with Gasteiger partial charge in [-0.3, -0.25) is 0 Å². The highest BCUT2D eigenvalue weighted by atomic mass is 32.2. The summed E-state index contributed by atoms with van der Waals surface area (Å²) in [6, 6.07) is 16.5. The van der Waals surface area contributed by atoms with Gasteiger partial charge in [0.1, 0.15) is 0 Å². The van der Waals surface area contributed by atoms with Gasteiger partial charge in [0.15, 0.2) is 0 Å². The van der Waals surface area contributed by atoms with E-state index in [-0.39, 0.29) is 0 Å². The monoisotopic (exact) mass is 238 g/mol. The van der Waals surface area contributed by atoms with Crippen molar-refractivity contribution in [1.29, 1.82) is 0 Å². The predicted octanol–water partition coefficient (Wildman–Crippen LogP) is 4.12. The van der Waals surface area contributed by atoms with Gasteiger partial charge in [-0.15, -0.1) is 11.8 Å². The molecule has 0 amide bonds. The Bertz CT molecular complexity index is 573. The molecule has 0 nitrogen and oxygen atoms in total. The Hall–Kier alpha value is -1.65. The first-order valence-corrected chi connectivity index (χ1v) is 6.74. The smallest absolute Gasteiger partial charge is 0.0384 e. The lowest BCUT2D eigenvalue weighted by Crippen LogP contribution is -1.82. The molecule has 17 heavy (non-hydrogen) atoms. The summed E-state index contributed by atoms with van der Waals surface area (Å²) in [5.41, 5.74) is 3.42. The van der Waals surface area contributed by atoms with Crippen molar-refractivity contribution in [2.45, 2.75) is 11.8 Å². The van der Waals surface area contributed by atoms with Crippen molar-refractivity contribution in [2.75, 3.05) is 6.26 Å². The van der Waals surface area contributed by atoms with Crippen LogP contribution >= 0.6 is 11.8 Å². The quantitative estimate of drug-likeness (QED) is 0.532. The average molecular weight is 238 g/mol. The van der Waals surface area contributed by atoms with Gasteiger partial charge in [-0.2, -0.15) is 0 Å². The molecule has 0 aliphatic heterocycles. The second-order valence-corrected chi connectivity index (χ2v) is 4.61. The second kappa shape index (κ2) is 5.61. The Morgan fingerprint density at radius 1 is 0.824 bits per heavy atom. The maximum Gasteiger partial charge on any atom is 0.0384 e. The molecule has 0 aromatic heterocycles. The van der Waals surface area contributed by atoms with Gasteiger partial charge in [-0.1, -0.05) is 42.2 Å². The lowest BCUT2D eigenvalue weighted by atomic mass is 10.1. The zero-order valence-corrected chi connectivity index (χ0v) is 10.8. The van der Waals surface area contributed by atoms with Gasteiger partial charge in [0, 0.05) is 16.0 Å². The van der Waals surface area contributed by atoms with Crippen LogP contribution in [-0.4, -0.2) is 6.26 Å². The minimum atomic E-state index is 1.10. The van der Waals surface area contributed by atoms with Crippen LogP contribution in [0.1, 0.15) is 16.7 Å². The van der Waals surface area contributed by atoms with E-state index in [2.05, 4.69) is 49.3 Å². The Kier molecular flexibility index (Phi) is 3.90. The molecule has 0 aliphatic rings.